The minimum absolute atomic E-state index is 0.151. The summed E-state index contributed by atoms with van der Waals surface area (Å²) < 4.78 is 5.54. The Labute approximate surface area is 139 Å². The van der Waals surface area contributed by atoms with E-state index in [2.05, 4.69) is 11.1 Å². The first-order valence-corrected chi connectivity index (χ1v) is 7.43. The van der Waals surface area contributed by atoms with Gasteiger partial charge in [-0.15, -0.1) is 0 Å². The standard InChI is InChI=1S/C19H15N3O2/c1-22(13-15-8-6-14(12-20)7-9-15)19(23)11-10-18-21-16-4-2-3-5-17(16)24-18/h2-11H,13H2,1H3/b11-10+. The molecule has 0 aliphatic heterocycles. The molecule has 0 spiro atoms. The lowest BCUT2D eigenvalue weighted by atomic mass is 10.1. The maximum Gasteiger partial charge on any atom is 0.246 e. The largest absolute Gasteiger partial charge is 0.437 e. The number of likely N-dealkylation sites (N-methyl/N-ethyl adjacent to an activating group) is 1. The predicted octanol–water partition coefficient (Wildman–Crippen LogP) is 3.37. The van der Waals surface area contributed by atoms with E-state index in [0.29, 0.717) is 23.6 Å². The third kappa shape index (κ3) is 3.50. The van der Waals surface area contributed by atoms with E-state index in [0.717, 1.165) is 11.1 Å². The summed E-state index contributed by atoms with van der Waals surface area (Å²) >= 11 is 0. The number of amides is 1. The molecule has 0 saturated carbocycles. The third-order valence-corrected chi connectivity index (χ3v) is 3.56. The first kappa shape index (κ1) is 15.5. The molecule has 0 aliphatic carbocycles. The smallest absolute Gasteiger partial charge is 0.246 e. The number of oxazole rings is 1. The number of carbonyl (C=O) groups excluding carboxylic acids is 1. The van der Waals surface area contributed by atoms with Crippen molar-refractivity contribution in [2.75, 3.05) is 7.05 Å². The highest BCUT2D eigenvalue weighted by molar-refractivity contribution is 5.91. The SMILES string of the molecule is CN(Cc1ccc(C#N)cc1)C(=O)/C=C/c1nc2ccccc2o1. The summed E-state index contributed by atoms with van der Waals surface area (Å²) in [6.45, 7) is 0.461. The zero-order valence-corrected chi connectivity index (χ0v) is 13.1. The summed E-state index contributed by atoms with van der Waals surface area (Å²) in [5.41, 5.74) is 3.01. The normalized spacial score (nSPS) is 10.8. The molecule has 1 aromatic heterocycles. The molecule has 3 rings (SSSR count). The molecule has 0 aliphatic rings. The molecule has 24 heavy (non-hydrogen) atoms. The number of rotatable bonds is 4. The number of carbonyl (C=O) groups is 1. The number of hydrogen-bond donors (Lipinski definition) is 0. The first-order chi connectivity index (χ1) is 11.7. The Morgan fingerprint density at radius 3 is 2.71 bits per heavy atom. The van der Waals surface area contributed by atoms with Crippen LogP contribution in [-0.4, -0.2) is 22.8 Å². The lowest BCUT2D eigenvalue weighted by molar-refractivity contribution is -0.125. The van der Waals surface area contributed by atoms with E-state index in [1.165, 1.54) is 6.08 Å². The molecule has 0 atom stereocenters. The van der Waals surface area contributed by atoms with Gasteiger partial charge in [-0.3, -0.25) is 4.79 Å². The summed E-state index contributed by atoms with van der Waals surface area (Å²) in [6, 6.07) is 16.7. The van der Waals surface area contributed by atoms with Gasteiger partial charge in [0.2, 0.25) is 11.8 Å². The van der Waals surface area contributed by atoms with Crippen molar-refractivity contribution in [3.63, 3.8) is 0 Å². The Hall–Kier alpha value is -3.39. The molecule has 0 fully saturated rings. The van der Waals surface area contributed by atoms with Gasteiger partial charge in [-0.25, -0.2) is 4.98 Å². The molecule has 0 unspecified atom stereocenters. The molecule has 0 N–H and O–H groups in total. The van der Waals surface area contributed by atoms with E-state index in [-0.39, 0.29) is 5.91 Å². The molecule has 118 valence electrons. The minimum atomic E-state index is -0.151. The quantitative estimate of drug-likeness (QED) is 0.692. The van der Waals surface area contributed by atoms with Crippen LogP contribution in [0.5, 0.6) is 0 Å². The Balaban J connectivity index is 1.65. The number of fused-ring (bicyclic) bond motifs is 1. The molecule has 1 amide bonds. The monoisotopic (exact) mass is 317 g/mol. The number of benzene rings is 2. The Morgan fingerprint density at radius 2 is 2.00 bits per heavy atom. The highest BCUT2D eigenvalue weighted by atomic mass is 16.3. The van der Waals surface area contributed by atoms with Gasteiger partial charge in [-0.2, -0.15) is 5.26 Å². The zero-order valence-electron chi connectivity index (χ0n) is 13.1. The molecule has 1 heterocycles. The zero-order chi connectivity index (χ0) is 16.9. The third-order valence-electron chi connectivity index (χ3n) is 3.56. The summed E-state index contributed by atoms with van der Waals surface area (Å²) in [7, 11) is 1.72. The summed E-state index contributed by atoms with van der Waals surface area (Å²) in [4.78, 5) is 18.1. The van der Waals surface area contributed by atoms with E-state index < -0.39 is 0 Å². The van der Waals surface area contributed by atoms with Gasteiger partial charge in [0, 0.05) is 25.7 Å². The lowest BCUT2D eigenvalue weighted by Gasteiger charge is -2.14. The van der Waals surface area contributed by atoms with Crippen molar-refractivity contribution in [2.24, 2.45) is 0 Å². The number of aromatic nitrogens is 1. The number of nitriles is 1. The van der Waals surface area contributed by atoms with E-state index in [9.17, 15) is 4.79 Å². The van der Waals surface area contributed by atoms with Crippen LogP contribution in [-0.2, 0) is 11.3 Å². The van der Waals surface area contributed by atoms with Crippen molar-refractivity contribution in [2.45, 2.75) is 6.54 Å². The fraction of sp³-hybridized carbons (Fsp3) is 0.105. The highest BCUT2D eigenvalue weighted by Crippen LogP contribution is 2.15. The second kappa shape index (κ2) is 6.80. The summed E-state index contributed by atoms with van der Waals surface area (Å²) in [6.07, 6.45) is 3.01. The van der Waals surface area contributed by atoms with Crippen LogP contribution in [0.15, 0.2) is 59.0 Å². The van der Waals surface area contributed by atoms with Crippen LogP contribution in [0.3, 0.4) is 0 Å². The van der Waals surface area contributed by atoms with Gasteiger partial charge < -0.3 is 9.32 Å². The van der Waals surface area contributed by atoms with E-state index in [4.69, 9.17) is 9.68 Å². The Morgan fingerprint density at radius 1 is 1.25 bits per heavy atom. The second-order valence-corrected chi connectivity index (χ2v) is 5.36. The second-order valence-electron chi connectivity index (χ2n) is 5.36. The van der Waals surface area contributed by atoms with Crippen molar-refractivity contribution >= 4 is 23.1 Å². The van der Waals surface area contributed by atoms with E-state index in [1.807, 2.05) is 36.4 Å². The first-order valence-electron chi connectivity index (χ1n) is 7.43. The molecule has 5 heteroatoms. The molecule has 3 aromatic rings. The van der Waals surface area contributed by atoms with Crippen LogP contribution < -0.4 is 0 Å². The molecule has 2 aromatic carbocycles. The summed E-state index contributed by atoms with van der Waals surface area (Å²) in [5, 5.41) is 8.79. The van der Waals surface area contributed by atoms with Gasteiger partial charge in [0.05, 0.1) is 11.6 Å². The fourth-order valence-electron chi connectivity index (χ4n) is 2.27. The lowest BCUT2D eigenvalue weighted by Crippen LogP contribution is -2.24. The van der Waals surface area contributed by atoms with E-state index in [1.54, 1.807) is 30.2 Å². The van der Waals surface area contributed by atoms with Gasteiger partial charge in [-0.1, -0.05) is 24.3 Å². The van der Waals surface area contributed by atoms with Gasteiger partial charge >= 0.3 is 0 Å². The van der Waals surface area contributed by atoms with E-state index >= 15 is 0 Å². The van der Waals surface area contributed by atoms with Crippen LogP contribution >= 0.6 is 0 Å². The van der Waals surface area contributed by atoms with Crippen LogP contribution in [0, 0.1) is 11.3 Å². The Bertz CT molecular complexity index is 900. The minimum Gasteiger partial charge on any atom is -0.437 e. The van der Waals surface area contributed by atoms with Crippen LogP contribution in [0.2, 0.25) is 0 Å². The predicted molar refractivity (Wildman–Crippen MR) is 90.7 cm³/mol. The molecule has 5 nitrogen and oxygen atoms in total. The van der Waals surface area contributed by atoms with Crippen LogP contribution in [0.1, 0.15) is 17.0 Å². The average Bonchev–Trinajstić information content (AvgIpc) is 3.03. The molecule has 0 saturated heterocycles. The molecule has 0 radical (unpaired) electrons. The van der Waals surface area contributed by atoms with Crippen molar-refractivity contribution in [1.82, 2.24) is 9.88 Å². The topological polar surface area (TPSA) is 70.1 Å². The molecular formula is C19H15N3O2. The maximum atomic E-state index is 12.2. The number of hydrogen-bond acceptors (Lipinski definition) is 4. The summed E-state index contributed by atoms with van der Waals surface area (Å²) in [5.74, 6) is 0.248. The van der Waals surface area contributed by atoms with Crippen LogP contribution in [0.4, 0.5) is 0 Å². The maximum absolute atomic E-state index is 12.2. The van der Waals surface area contributed by atoms with Crippen molar-refractivity contribution < 1.29 is 9.21 Å². The van der Waals surface area contributed by atoms with Gasteiger partial charge in [0.1, 0.15) is 5.52 Å². The average molecular weight is 317 g/mol. The Kier molecular flexibility index (Phi) is 4.39. The van der Waals surface area contributed by atoms with Crippen molar-refractivity contribution in [1.29, 1.82) is 5.26 Å². The molecule has 0 bridgehead atoms. The number of para-hydroxylation sites is 2. The van der Waals surface area contributed by atoms with Gasteiger partial charge in [0.25, 0.3) is 0 Å². The fourth-order valence-corrected chi connectivity index (χ4v) is 2.27. The number of nitrogens with zero attached hydrogens (tertiary/aromatic N) is 3. The molecular weight excluding hydrogens is 302 g/mol. The van der Waals surface area contributed by atoms with Crippen molar-refractivity contribution in [3.05, 3.63) is 71.6 Å². The van der Waals surface area contributed by atoms with Gasteiger partial charge in [0.15, 0.2) is 5.58 Å². The van der Waals surface area contributed by atoms with Gasteiger partial charge in [-0.05, 0) is 29.8 Å². The van der Waals surface area contributed by atoms with Crippen LogP contribution in [0.25, 0.3) is 17.2 Å². The highest BCUT2D eigenvalue weighted by Gasteiger charge is 2.07. The van der Waals surface area contributed by atoms with Crippen molar-refractivity contribution in [3.8, 4) is 6.07 Å².